The van der Waals surface area contributed by atoms with Crippen LogP contribution in [0.3, 0.4) is 0 Å². The van der Waals surface area contributed by atoms with Gasteiger partial charge in [-0.2, -0.15) is 0 Å². The molecule has 2 bridgehead atoms. The molecule has 1 aromatic rings. The van der Waals surface area contributed by atoms with Crippen molar-refractivity contribution < 1.29 is 4.48 Å². The summed E-state index contributed by atoms with van der Waals surface area (Å²) in [5.41, 5.74) is 1.31. The first-order valence-corrected chi connectivity index (χ1v) is 7.94. The molecule has 0 aromatic heterocycles. The third-order valence-corrected chi connectivity index (χ3v) is 5.49. The minimum absolute atomic E-state index is 0.654. The van der Waals surface area contributed by atoms with Gasteiger partial charge in [-0.25, -0.2) is 0 Å². The lowest BCUT2D eigenvalue weighted by molar-refractivity contribution is -0.929. The third-order valence-electron chi connectivity index (χ3n) is 4.75. The van der Waals surface area contributed by atoms with Gasteiger partial charge in [0.2, 0.25) is 0 Å². The van der Waals surface area contributed by atoms with Crippen LogP contribution >= 0.6 is 23.2 Å². The average molecular weight is 300 g/mol. The lowest BCUT2D eigenvalue weighted by Gasteiger charge is -2.41. The van der Waals surface area contributed by atoms with E-state index in [1.807, 2.05) is 12.1 Å². The molecular weight excluding hydrogens is 279 g/mol. The van der Waals surface area contributed by atoms with Crippen LogP contribution < -0.4 is 0 Å². The maximum atomic E-state index is 6.09. The number of fused-ring (bicyclic) bond motifs is 4. The Labute approximate surface area is 125 Å². The maximum absolute atomic E-state index is 6.09. The summed E-state index contributed by atoms with van der Waals surface area (Å²) in [5, 5.41) is 1.33. The van der Waals surface area contributed by atoms with Crippen LogP contribution in [0, 0.1) is 0 Å². The van der Waals surface area contributed by atoms with Crippen molar-refractivity contribution in [3.63, 3.8) is 0 Å². The Morgan fingerprint density at radius 3 is 2.53 bits per heavy atom. The highest BCUT2D eigenvalue weighted by molar-refractivity contribution is 6.42. The highest BCUT2D eigenvalue weighted by Gasteiger charge is 2.35. The molecule has 3 fully saturated rings. The van der Waals surface area contributed by atoms with Gasteiger partial charge in [-0.3, -0.25) is 4.90 Å². The molecule has 0 N–H and O–H groups in total. The van der Waals surface area contributed by atoms with Gasteiger partial charge in [-0.1, -0.05) is 29.3 Å². The number of hydrogen-bond acceptors (Lipinski definition) is 1. The van der Waals surface area contributed by atoms with Crippen LogP contribution in [0.5, 0.6) is 0 Å². The molecule has 0 unspecified atom stereocenters. The number of benzene rings is 1. The average Bonchev–Trinajstić information content (AvgIpc) is 2.74. The molecular formula is C15H21Cl2N2+. The number of hydrogen-bond donors (Lipinski definition) is 0. The molecule has 3 heterocycles. The molecule has 104 valence electrons. The van der Waals surface area contributed by atoms with Crippen molar-refractivity contribution in [2.75, 3.05) is 45.8 Å². The van der Waals surface area contributed by atoms with E-state index in [0.29, 0.717) is 10.0 Å². The van der Waals surface area contributed by atoms with Gasteiger partial charge in [0.15, 0.2) is 0 Å². The number of piperazine rings is 1. The first kappa shape index (κ1) is 13.7. The smallest absolute Gasteiger partial charge is 0.0916 e. The van der Waals surface area contributed by atoms with Gasteiger partial charge in [0.05, 0.1) is 36.2 Å². The van der Waals surface area contributed by atoms with E-state index in [4.69, 9.17) is 23.2 Å². The predicted molar refractivity (Wildman–Crippen MR) is 81.0 cm³/mol. The Hall–Kier alpha value is -0.280. The number of quaternary nitrogens is 1. The van der Waals surface area contributed by atoms with Gasteiger partial charge in [-0.15, -0.1) is 0 Å². The molecule has 3 aliphatic heterocycles. The molecule has 0 aliphatic carbocycles. The van der Waals surface area contributed by atoms with Crippen molar-refractivity contribution in [1.82, 2.24) is 4.90 Å². The summed E-state index contributed by atoms with van der Waals surface area (Å²) in [5.74, 6) is 0. The Kier molecular flexibility index (Phi) is 4.04. The summed E-state index contributed by atoms with van der Waals surface area (Å²) in [6.07, 6.45) is 2.46. The molecule has 2 nitrogen and oxygen atoms in total. The number of rotatable bonds is 3. The second kappa shape index (κ2) is 5.61. The number of nitrogens with zero attached hydrogens (tertiary/aromatic N) is 2. The van der Waals surface area contributed by atoms with Crippen LogP contribution in [-0.4, -0.2) is 55.2 Å². The molecule has 0 spiro atoms. The third kappa shape index (κ3) is 3.08. The summed E-state index contributed by atoms with van der Waals surface area (Å²) >= 11 is 12.1. The van der Waals surface area contributed by atoms with Crippen molar-refractivity contribution >= 4 is 23.2 Å². The van der Waals surface area contributed by atoms with Crippen molar-refractivity contribution in [2.24, 2.45) is 0 Å². The Morgan fingerprint density at radius 2 is 1.79 bits per heavy atom. The SMILES string of the molecule is Clc1ccc(CC[N+]23CCCN(CC2)CC3)cc1Cl. The summed E-state index contributed by atoms with van der Waals surface area (Å²) in [6.45, 7) is 9.09. The lowest BCUT2D eigenvalue weighted by Crippen LogP contribution is -2.57. The largest absolute Gasteiger partial charge is 0.321 e. The van der Waals surface area contributed by atoms with Crippen LogP contribution in [-0.2, 0) is 6.42 Å². The van der Waals surface area contributed by atoms with Crippen molar-refractivity contribution in [2.45, 2.75) is 12.8 Å². The van der Waals surface area contributed by atoms with E-state index in [1.165, 1.54) is 62.3 Å². The first-order chi connectivity index (χ1) is 9.17. The van der Waals surface area contributed by atoms with Crippen molar-refractivity contribution in [1.29, 1.82) is 0 Å². The van der Waals surface area contributed by atoms with Gasteiger partial charge in [0.25, 0.3) is 0 Å². The van der Waals surface area contributed by atoms with Crippen LogP contribution in [0.4, 0.5) is 0 Å². The summed E-state index contributed by atoms with van der Waals surface area (Å²) in [6, 6.07) is 6.05. The fraction of sp³-hybridized carbons (Fsp3) is 0.600. The Bertz CT molecular complexity index is 448. The zero-order chi connectivity index (χ0) is 13.3. The Morgan fingerprint density at radius 1 is 1.00 bits per heavy atom. The van der Waals surface area contributed by atoms with Crippen LogP contribution in [0.2, 0.25) is 10.0 Å². The van der Waals surface area contributed by atoms with Gasteiger partial charge in [-0.05, 0) is 17.7 Å². The normalized spacial score (nSPS) is 30.3. The molecule has 0 atom stereocenters. The Balaban J connectivity index is 1.66. The second-order valence-corrected chi connectivity index (χ2v) is 6.74. The summed E-state index contributed by atoms with van der Waals surface area (Å²) in [4.78, 5) is 2.61. The predicted octanol–water partition coefficient (Wildman–Crippen LogP) is 3.07. The monoisotopic (exact) mass is 299 g/mol. The minimum atomic E-state index is 0.654. The van der Waals surface area contributed by atoms with Crippen molar-refractivity contribution in [3.05, 3.63) is 33.8 Å². The highest BCUT2D eigenvalue weighted by Crippen LogP contribution is 2.24. The molecule has 1 aromatic carbocycles. The van der Waals surface area contributed by atoms with Gasteiger partial charge >= 0.3 is 0 Å². The zero-order valence-electron chi connectivity index (χ0n) is 11.2. The van der Waals surface area contributed by atoms with E-state index >= 15 is 0 Å². The quantitative estimate of drug-likeness (QED) is 0.776. The molecule has 0 saturated carbocycles. The summed E-state index contributed by atoms with van der Waals surface area (Å²) in [7, 11) is 0. The van der Waals surface area contributed by atoms with Crippen LogP contribution in [0.25, 0.3) is 0 Å². The second-order valence-electron chi connectivity index (χ2n) is 5.93. The van der Waals surface area contributed by atoms with E-state index in [1.54, 1.807) is 0 Å². The fourth-order valence-corrected chi connectivity index (χ4v) is 3.73. The molecule has 3 aliphatic rings. The van der Waals surface area contributed by atoms with Crippen LogP contribution in [0.15, 0.2) is 18.2 Å². The molecule has 0 radical (unpaired) electrons. The molecule has 4 rings (SSSR count). The highest BCUT2D eigenvalue weighted by atomic mass is 35.5. The van der Waals surface area contributed by atoms with Gasteiger partial charge < -0.3 is 4.48 Å². The number of halogens is 2. The van der Waals surface area contributed by atoms with E-state index < -0.39 is 0 Å². The summed E-state index contributed by atoms with van der Waals surface area (Å²) < 4.78 is 1.30. The van der Waals surface area contributed by atoms with Crippen molar-refractivity contribution in [3.8, 4) is 0 Å². The van der Waals surface area contributed by atoms with E-state index in [2.05, 4.69) is 11.0 Å². The lowest BCUT2D eigenvalue weighted by atomic mass is 10.1. The van der Waals surface area contributed by atoms with Gasteiger partial charge in [0, 0.05) is 32.5 Å². The van der Waals surface area contributed by atoms with E-state index in [0.717, 1.165) is 6.42 Å². The van der Waals surface area contributed by atoms with E-state index in [-0.39, 0.29) is 0 Å². The fourth-order valence-electron chi connectivity index (χ4n) is 3.40. The standard InChI is InChI=1S/C15H21Cl2N2/c16-14-3-2-13(12-15(14)17)4-9-19-8-1-5-18(6-10-19)7-11-19/h2-3,12H,1,4-11H2/q+1. The zero-order valence-corrected chi connectivity index (χ0v) is 12.8. The first-order valence-electron chi connectivity index (χ1n) is 7.18. The van der Waals surface area contributed by atoms with Crippen LogP contribution in [0.1, 0.15) is 12.0 Å². The molecule has 0 amide bonds. The topological polar surface area (TPSA) is 3.24 Å². The van der Waals surface area contributed by atoms with Gasteiger partial charge in [0.1, 0.15) is 0 Å². The minimum Gasteiger partial charge on any atom is -0.321 e. The molecule has 19 heavy (non-hydrogen) atoms. The molecule has 4 heteroatoms. The molecule has 3 saturated heterocycles. The van der Waals surface area contributed by atoms with E-state index in [9.17, 15) is 0 Å². The maximum Gasteiger partial charge on any atom is 0.0916 e.